The maximum absolute atomic E-state index is 11.0. The van der Waals surface area contributed by atoms with Crippen LogP contribution in [0.4, 0.5) is 5.69 Å². The molecule has 0 radical (unpaired) electrons. The summed E-state index contributed by atoms with van der Waals surface area (Å²) in [4.78, 5) is 12.3. The van der Waals surface area contributed by atoms with Gasteiger partial charge in [0, 0.05) is 45.6 Å². The number of nitrogens with one attached hydrogen (secondary N) is 2. The number of benzene rings is 1. The first kappa shape index (κ1) is 16.3. The lowest BCUT2D eigenvalue weighted by Crippen LogP contribution is -2.20. The van der Waals surface area contributed by atoms with E-state index >= 15 is 0 Å². The van der Waals surface area contributed by atoms with Gasteiger partial charge in [-0.25, -0.2) is 0 Å². The Morgan fingerprint density at radius 2 is 2.24 bits per heavy atom. The lowest BCUT2D eigenvalue weighted by Gasteiger charge is -2.09. The van der Waals surface area contributed by atoms with Crippen LogP contribution in [0, 0.1) is 3.57 Å². The van der Waals surface area contributed by atoms with Crippen LogP contribution in [-0.2, 0) is 11.3 Å². The molecule has 1 aromatic carbocycles. The van der Waals surface area contributed by atoms with Crippen LogP contribution in [0.1, 0.15) is 11.8 Å². The van der Waals surface area contributed by atoms with Crippen LogP contribution in [-0.4, -0.2) is 19.1 Å². The van der Waals surface area contributed by atoms with Crippen LogP contribution < -0.4 is 15.4 Å². The highest BCUT2D eigenvalue weighted by Crippen LogP contribution is 2.17. The molecule has 0 atom stereocenters. The van der Waals surface area contributed by atoms with Crippen LogP contribution in [0.25, 0.3) is 0 Å². The van der Waals surface area contributed by atoms with Crippen molar-refractivity contribution < 1.29 is 9.53 Å². The first-order valence-corrected chi connectivity index (χ1v) is 8.53. The van der Waals surface area contributed by atoms with Crippen LogP contribution in [0.15, 0.2) is 35.7 Å². The Labute approximate surface area is 142 Å². The van der Waals surface area contributed by atoms with E-state index in [1.54, 1.807) is 11.3 Å². The Balaban J connectivity index is 1.69. The van der Waals surface area contributed by atoms with Gasteiger partial charge in [0.2, 0.25) is 5.91 Å². The zero-order valence-electron chi connectivity index (χ0n) is 11.7. The summed E-state index contributed by atoms with van der Waals surface area (Å²) in [7, 11) is 0. The van der Waals surface area contributed by atoms with Crippen molar-refractivity contribution in [1.29, 1.82) is 0 Å². The first-order chi connectivity index (χ1) is 10.1. The SMILES string of the molecule is CC(=O)Nc1cccc(OCCNCc2cc(I)cs2)c1. The summed E-state index contributed by atoms with van der Waals surface area (Å²) in [5.74, 6) is 0.674. The molecule has 1 amide bonds. The molecule has 0 aliphatic carbocycles. The highest BCUT2D eigenvalue weighted by atomic mass is 127. The van der Waals surface area contributed by atoms with Crippen molar-refractivity contribution in [1.82, 2.24) is 5.32 Å². The molecule has 6 heteroatoms. The summed E-state index contributed by atoms with van der Waals surface area (Å²) in [6.45, 7) is 3.72. The number of ether oxygens (including phenoxy) is 1. The van der Waals surface area contributed by atoms with Crippen molar-refractivity contribution in [3.05, 3.63) is 44.2 Å². The number of carbonyl (C=O) groups excluding carboxylic acids is 1. The molecule has 0 saturated heterocycles. The van der Waals surface area contributed by atoms with E-state index in [4.69, 9.17) is 4.74 Å². The van der Waals surface area contributed by atoms with Crippen LogP contribution >= 0.6 is 33.9 Å². The standard InChI is InChI=1S/C15H17IN2O2S/c1-11(19)18-13-3-2-4-14(8-13)20-6-5-17-9-15-7-12(16)10-21-15/h2-4,7-8,10,17H,5-6,9H2,1H3,(H,18,19). The normalized spacial score (nSPS) is 10.4. The van der Waals surface area contributed by atoms with Crippen molar-refractivity contribution in [2.24, 2.45) is 0 Å². The zero-order valence-corrected chi connectivity index (χ0v) is 14.7. The number of carbonyl (C=O) groups is 1. The van der Waals surface area contributed by atoms with Gasteiger partial charge >= 0.3 is 0 Å². The maximum Gasteiger partial charge on any atom is 0.221 e. The van der Waals surface area contributed by atoms with Crippen molar-refractivity contribution in [2.45, 2.75) is 13.5 Å². The minimum absolute atomic E-state index is 0.0839. The van der Waals surface area contributed by atoms with Crippen LogP contribution in [0.2, 0.25) is 0 Å². The lowest BCUT2D eigenvalue weighted by molar-refractivity contribution is -0.114. The predicted octanol–water partition coefficient (Wildman–Crippen LogP) is 3.48. The second kappa shape index (κ2) is 8.35. The fourth-order valence-corrected chi connectivity index (χ4v) is 3.45. The third-order valence-corrected chi connectivity index (χ3v) is 4.61. The predicted molar refractivity (Wildman–Crippen MR) is 95.0 cm³/mol. The molecule has 2 N–H and O–H groups in total. The molecule has 2 rings (SSSR count). The van der Waals surface area contributed by atoms with E-state index in [1.165, 1.54) is 15.4 Å². The average Bonchev–Trinajstić information content (AvgIpc) is 2.84. The number of anilines is 1. The first-order valence-electron chi connectivity index (χ1n) is 6.57. The summed E-state index contributed by atoms with van der Waals surface area (Å²) < 4.78 is 6.94. The smallest absolute Gasteiger partial charge is 0.221 e. The van der Waals surface area contributed by atoms with Gasteiger partial charge in [-0.1, -0.05) is 6.07 Å². The second-order valence-corrected chi connectivity index (χ2v) is 6.71. The van der Waals surface area contributed by atoms with Gasteiger partial charge in [-0.15, -0.1) is 11.3 Å². The summed E-state index contributed by atoms with van der Waals surface area (Å²) in [5, 5.41) is 8.22. The molecule has 112 valence electrons. The number of thiophene rings is 1. The number of amides is 1. The highest BCUT2D eigenvalue weighted by molar-refractivity contribution is 14.1. The summed E-state index contributed by atoms with van der Waals surface area (Å²) >= 11 is 4.08. The van der Waals surface area contributed by atoms with Crippen molar-refractivity contribution in [3.63, 3.8) is 0 Å². The monoisotopic (exact) mass is 416 g/mol. The van der Waals surface area contributed by atoms with Gasteiger partial charge in [0.25, 0.3) is 0 Å². The van der Waals surface area contributed by atoms with E-state index in [1.807, 2.05) is 24.3 Å². The molecule has 0 aliphatic heterocycles. The molecule has 1 aromatic heterocycles. The molecular weight excluding hydrogens is 399 g/mol. The largest absolute Gasteiger partial charge is 0.492 e. The van der Waals surface area contributed by atoms with E-state index < -0.39 is 0 Å². The molecule has 0 fully saturated rings. The van der Waals surface area contributed by atoms with E-state index in [-0.39, 0.29) is 5.91 Å². The third kappa shape index (κ3) is 6.03. The fourth-order valence-electron chi connectivity index (χ4n) is 1.77. The summed E-state index contributed by atoms with van der Waals surface area (Å²) in [6.07, 6.45) is 0. The van der Waals surface area contributed by atoms with E-state index in [2.05, 4.69) is 44.7 Å². The molecule has 1 heterocycles. The highest BCUT2D eigenvalue weighted by Gasteiger charge is 1.99. The van der Waals surface area contributed by atoms with Crippen molar-refractivity contribution in [3.8, 4) is 5.75 Å². The Kier molecular flexibility index (Phi) is 6.47. The second-order valence-electron chi connectivity index (χ2n) is 4.47. The molecule has 0 unspecified atom stereocenters. The number of halogens is 1. The molecule has 2 aromatic rings. The molecule has 4 nitrogen and oxygen atoms in total. The molecule has 0 aliphatic rings. The quantitative estimate of drug-likeness (QED) is 0.537. The van der Waals surface area contributed by atoms with Gasteiger partial charge in [0.1, 0.15) is 12.4 Å². The topological polar surface area (TPSA) is 50.4 Å². The fraction of sp³-hybridized carbons (Fsp3) is 0.267. The van der Waals surface area contributed by atoms with Crippen molar-refractivity contribution in [2.75, 3.05) is 18.5 Å². The number of rotatable bonds is 7. The Morgan fingerprint density at radius 1 is 1.38 bits per heavy atom. The van der Waals surface area contributed by atoms with E-state index in [0.29, 0.717) is 6.61 Å². The minimum atomic E-state index is -0.0839. The van der Waals surface area contributed by atoms with Gasteiger partial charge in [-0.3, -0.25) is 4.79 Å². The van der Waals surface area contributed by atoms with Crippen LogP contribution in [0.5, 0.6) is 5.75 Å². The Morgan fingerprint density at radius 3 is 2.95 bits per heavy atom. The summed E-state index contributed by atoms with van der Waals surface area (Å²) in [5.41, 5.74) is 0.751. The van der Waals surface area contributed by atoms with Gasteiger partial charge in [0.15, 0.2) is 0 Å². The van der Waals surface area contributed by atoms with Gasteiger partial charge in [-0.05, 0) is 40.8 Å². The van der Waals surface area contributed by atoms with E-state index in [0.717, 1.165) is 24.5 Å². The van der Waals surface area contributed by atoms with Gasteiger partial charge < -0.3 is 15.4 Å². The maximum atomic E-state index is 11.0. The minimum Gasteiger partial charge on any atom is -0.492 e. The van der Waals surface area contributed by atoms with Crippen molar-refractivity contribution >= 4 is 45.5 Å². The Hall–Kier alpha value is -1.12. The van der Waals surface area contributed by atoms with Gasteiger partial charge in [-0.2, -0.15) is 0 Å². The summed E-state index contributed by atoms with van der Waals surface area (Å²) in [6, 6.07) is 9.58. The van der Waals surface area contributed by atoms with E-state index in [9.17, 15) is 4.79 Å². The lowest BCUT2D eigenvalue weighted by atomic mass is 10.3. The zero-order chi connectivity index (χ0) is 15.1. The molecular formula is C15H17IN2O2S. The van der Waals surface area contributed by atoms with Gasteiger partial charge in [0.05, 0.1) is 0 Å². The Bertz CT molecular complexity index is 601. The molecule has 0 bridgehead atoms. The number of hydrogen-bond donors (Lipinski definition) is 2. The average molecular weight is 416 g/mol. The molecule has 0 saturated carbocycles. The third-order valence-electron chi connectivity index (χ3n) is 2.62. The van der Waals surface area contributed by atoms with Crippen LogP contribution in [0.3, 0.4) is 0 Å². The number of hydrogen-bond acceptors (Lipinski definition) is 4. The molecule has 21 heavy (non-hydrogen) atoms. The molecule has 0 spiro atoms.